The molecule has 0 radical (unpaired) electrons. The molecule has 5 rings (SSSR count). The van der Waals surface area contributed by atoms with Crippen molar-refractivity contribution in [2.75, 3.05) is 22.6 Å². The maximum absolute atomic E-state index is 13.8. The molecule has 0 atom stereocenters. The molecule has 9 nitrogen and oxygen atoms in total. The minimum Gasteiger partial charge on any atom is -0.380 e. The quantitative estimate of drug-likeness (QED) is 0.0817. The van der Waals surface area contributed by atoms with Crippen LogP contribution in [0.4, 0.5) is 35.9 Å². The van der Waals surface area contributed by atoms with Gasteiger partial charge in [-0.25, -0.2) is 4.99 Å². The van der Waals surface area contributed by atoms with E-state index in [1.807, 2.05) is 30.3 Å². The summed E-state index contributed by atoms with van der Waals surface area (Å²) in [4.78, 5) is 27.7. The topological polar surface area (TPSA) is 118 Å². The van der Waals surface area contributed by atoms with E-state index >= 15 is 0 Å². The first-order valence-electron chi connectivity index (χ1n) is 12.8. The summed E-state index contributed by atoms with van der Waals surface area (Å²) < 4.78 is 41.5. The lowest BCUT2D eigenvalue weighted by Gasteiger charge is -2.19. The first kappa shape index (κ1) is 29.0. The van der Waals surface area contributed by atoms with Crippen molar-refractivity contribution in [3.8, 4) is 6.19 Å². The maximum Gasteiger partial charge on any atom is 0.416 e. The van der Waals surface area contributed by atoms with Gasteiger partial charge in [0.15, 0.2) is 6.19 Å². The average Bonchev–Trinajstić information content (AvgIpc) is 3.48. The van der Waals surface area contributed by atoms with Gasteiger partial charge < -0.3 is 15.5 Å². The molecule has 0 bridgehead atoms. The van der Waals surface area contributed by atoms with Gasteiger partial charge in [0.25, 0.3) is 5.91 Å². The van der Waals surface area contributed by atoms with E-state index in [-0.39, 0.29) is 17.3 Å². The molecule has 0 unspecified atom stereocenters. The Morgan fingerprint density at radius 2 is 1.93 bits per heavy atom. The van der Waals surface area contributed by atoms with Crippen LogP contribution in [-0.4, -0.2) is 28.9 Å². The minimum absolute atomic E-state index is 0.0412. The zero-order valence-electron chi connectivity index (χ0n) is 22.6. The largest absolute Gasteiger partial charge is 0.416 e. The third kappa shape index (κ3) is 6.88. The van der Waals surface area contributed by atoms with Crippen molar-refractivity contribution in [3.05, 3.63) is 107 Å². The Hall–Kier alpha value is -5.48. The number of nitriles is 1. The van der Waals surface area contributed by atoms with Gasteiger partial charge in [0.1, 0.15) is 4.88 Å². The van der Waals surface area contributed by atoms with Crippen LogP contribution < -0.4 is 20.9 Å². The Morgan fingerprint density at radius 1 is 1.09 bits per heavy atom. The molecule has 1 amide bonds. The van der Waals surface area contributed by atoms with Crippen LogP contribution in [0, 0.1) is 11.5 Å². The number of alkyl halides is 3. The third-order valence-electron chi connectivity index (χ3n) is 6.34. The van der Waals surface area contributed by atoms with Crippen LogP contribution in [0.25, 0.3) is 10.9 Å². The SMILES string of the molecule is CN(C(=Nc1cc(NC(=O)c2sccc2NCc2ccnc3ccccc23)cc(C(F)(F)F)c1)NC#N)c1cccnc1. The average molecular weight is 601 g/mol. The van der Waals surface area contributed by atoms with E-state index in [0.717, 1.165) is 39.9 Å². The van der Waals surface area contributed by atoms with Gasteiger partial charge in [-0.05, 0) is 59.5 Å². The van der Waals surface area contributed by atoms with Crippen molar-refractivity contribution in [2.45, 2.75) is 12.7 Å². The first-order valence-corrected chi connectivity index (χ1v) is 13.7. The normalized spacial score (nSPS) is 11.6. The van der Waals surface area contributed by atoms with Crippen LogP contribution in [0.5, 0.6) is 0 Å². The molecule has 3 N–H and O–H groups in total. The van der Waals surface area contributed by atoms with E-state index in [9.17, 15) is 23.2 Å². The number of rotatable bonds is 7. The van der Waals surface area contributed by atoms with Crippen molar-refractivity contribution >= 4 is 56.9 Å². The molecule has 0 saturated heterocycles. The molecule has 2 aromatic carbocycles. The van der Waals surface area contributed by atoms with Gasteiger partial charge in [-0.15, -0.1) is 11.3 Å². The van der Waals surface area contributed by atoms with E-state index in [1.54, 1.807) is 49.2 Å². The number of nitrogens with one attached hydrogen (secondary N) is 3. The van der Waals surface area contributed by atoms with E-state index in [4.69, 9.17) is 0 Å². The summed E-state index contributed by atoms with van der Waals surface area (Å²) in [5.74, 6) is -0.630. The Morgan fingerprint density at radius 3 is 2.70 bits per heavy atom. The summed E-state index contributed by atoms with van der Waals surface area (Å²) in [5, 5.41) is 20.1. The molecule has 3 heterocycles. The van der Waals surface area contributed by atoms with Crippen LogP contribution in [0.3, 0.4) is 0 Å². The summed E-state index contributed by atoms with van der Waals surface area (Å²) >= 11 is 1.15. The lowest BCUT2D eigenvalue weighted by Crippen LogP contribution is -2.36. The van der Waals surface area contributed by atoms with E-state index in [1.165, 1.54) is 17.2 Å². The lowest BCUT2D eigenvalue weighted by molar-refractivity contribution is -0.137. The van der Waals surface area contributed by atoms with E-state index < -0.39 is 17.6 Å². The van der Waals surface area contributed by atoms with Crippen LogP contribution in [0.15, 0.2) is 95.7 Å². The first-order chi connectivity index (χ1) is 20.7. The van der Waals surface area contributed by atoms with Gasteiger partial charge in [0.05, 0.1) is 34.3 Å². The molecule has 0 saturated carbocycles. The third-order valence-corrected chi connectivity index (χ3v) is 7.25. The Kier molecular flexibility index (Phi) is 8.49. The zero-order chi connectivity index (χ0) is 30.4. The Bertz CT molecular complexity index is 1830. The number of para-hydroxylation sites is 1. The summed E-state index contributed by atoms with van der Waals surface area (Å²) in [7, 11) is 1.58. The highest BCUT2D eigenvalue weighted by molar-refractivity contribution is 7.12. The fourth-order valence-corrected chi connectivity index (χ4v) is 5.02. The van der Waals surface area contributed by atoms with Crippen LogP contribution in [0.2, 0.25) is 0 Å². The maximum atomic E-state index is 13.8. The standard InChI is InChI=1S/C30H23F3N8OS/c1-41(23-5-4-10-35-17-23)29(38-18-34)40-22-14-20(30(31,32)33)13-21(15-22)39-28(42)27-26(9-12-43-27)37-16-19-8-11-36-25-7-3-2-6-24(19)25/h2-15,17,37H,16H2,1H3,(H,38,40)(H,39,42). The second kappa shape index (κ2) is 12.6. The van der Waals surface area contributed by atoms with Crippen molar-refractivity contribution in [2.24, 2.45) is 4.99 Å². The smallest absolute Gasteiger partial charge is 0.380 e. The fourth-order valence-electron chi connectivity index (χ4n) is 4.26. The number of halogens is 3. The monoisotopic (exact) mass is 600 g/mol. The molecule has 216 valence electrons. The number of aliphatic imine (C=N–C) groups is 1. The molecule has 0 aliphatic rings. The molecule has 5 aromatic rings. The van der Waals surface area contributed by atoms with Crippen LogP contribution in [-0.2, 0) is 12.7 Å². The highest BCUT2D eigenvalue weighted by atomic mass is 32.1. The van der Waals surface area contributed by atoms with Gasteiger partial charge in [-0.1, -0.05) is 18.2 Å². The number of fused-ring (bicyclic) bond motifs is 1. The molecule has 0 aliphatic carbocycles. The summed E-state index contributed by atoms with van der Waals surface area (Å²) in [5.41, 5.74) is 1.63. The van der Waals surface area contributed by atoms with Crippen molar-refractivity contribution in [1.29, 1.82) is 5.26 Å². The molecule has 0 fully saturated rings. The van der Waals surface area contributed by atoms with E-state index in [0.29, 0.717) is 22.8 Å². The number of carbonyl (C=O) groups excluding carboxylic acids is 1. The van der Waals surface area contributed by atoms with Crippen molar-refractivity contribution < 1.29 is 18.0 Å². The molecule has 3 aromatic heterocycles. The second-order valence-electron chi connectivity index (χ2n) is 9.17. The number of benzene rings is 2. The summed E-state index contributed by atoms with van der Waals surface area (Å²) in [6, 6.07) is 17.6. The molecule has 0 aliphatic heterocycles. The van der Waals surface area contributed by atoms with E-state index in [2.05, 4.69) is 30.9 Å². The number of hydrogen-bond donors (Lipinski definition) is 3. The highest BCUT2D eigenvalue weighted by Crippen LogP contribution is 2.35. The number of thiophene rings is 1. The highest BCUT2D eigenvalue weighted by Gasteiger charge is 2.31. The van der Waals surface area contributed by atoms with Crippen molar-refractivity contribution in [1.82, 2.24) is 15.3 Å². The van der Waals surface area contributed by atoms with Crippen molar-refractivity contribution in [3.63, 3.8) is 0 Å². The molecule has 43 heavy (non-hydrogen) atoms. The molecule has 13 heteroatoms. The molecular weight excluding hydrogens is 577 g/mol. The number of hydrogen-bond acceptors (Lipinski definition) is 7. The van der Waals surface area contributed by atoms with Gasteiger partial charge >= 0.3 is 6.18 Å². The number of anilines is 3. The lowest BCUT2D eigenvalue weighted by atomic mass is 10.1. The number of aromatic nitrogens is 2. The Labute approximate surface area is 248 Å². The van der Waals surface area contributed by atoms with Gasteiger partial charge in [-0.3, -0.25) is 20.1 Å². The number of carbonyl (C=O) groups is 1. The fraction of sp³-hybridized carbons (Fsp3) is 0.100. The zero-order valence-corrected chi connectivity index (χ0v) is 23.4. The predicted octanol–water partition coefficient (Wildman–Crippen LogP) is 6.77. The minimum atomic E-state index is -4.72. The molecular formula is C30H23F3N8OS. The summed E-state index contributed by atoms with van der Waals surface area (Å²) in [6.07, 6.45) is 1.81. The number of pyridine rings is 2. The van der Waals surface area contributed by atoms with Gasteiger partial charge in [0.2, 0.25) is 5.96 Å². The number of nitrogens with zero attached hydrogens (tertiary/aromatic N) is 5. The predicted molar refractivity (Wildman–Crippen MR) is 161 cm³/mol. The summed E-state index contributed by atoms with van der Waals surface area (Å²) in [6.45, 7) is 0.404. The van der Waals surface area contributed by atoms with Crippen LogP contribution >= 0.6 is 11.3 Å². The number of amides is 1. The van der Waals surface area contributed by atoms with Gasteiger partial charge in [0, 0.05) is 37.1 Å². The van der Waals surface area contributed by atoms with Crippen LogP contribution in [0.1, 0.15) is 20.8 Å². The van der Waals surface area contributed by atoms with Gasteiger partial charge in [-0.2, -0.15) is 18.4 Å². The second-order valence-corrected chi connectivity index (χ2v) is 10.1. The molecule has 0 spiro atoms. The number of guanidine groups is 1. The Balaban J connectivity index is 1.40.